The van der Waals surface area contributed by atoms with Gasteiger partial charge in [-0.15, -0.1) is 11.3 Å². The molecule has 0 spiro atoms. The first-order valence-corrected chi connectivity index (χ1v) is 14.4. The Hall–Kier alpha value is -0.970. The first kappa shape index (κ1) is 31.2. The lowest BCUT2D eigenvalue weighted by molar-refractivity contribution is -0.152. The molecule has 7 atom stereocenters. The molecule has 1 aromatic rings. The molecule has 1 aliphatic heterocycles. The number of nitrogens with zero attached hydrogens (tertiary/aromatic N) is 1. The van der Waals surface area contributed by atoms with E-state index in [0.29, 0.717) is 6.42 Å². The van der Waals surface area contributed by atoms with Gasteiger partial charge in [0.25, 0.3) is 0 Å². The molecule has 6 nitrogen and oxygen atoms in total. The fourth-order valence-corrected chi connectivity index (χ4v) is 6.36. The number of hydrogen-bond acceptors (Lipinski definition) is 7. The Morgan fingerprint density at radius 2 is 1.92 bits per heavy atom. The van der Waals surface area contributed by atoms with Crippen molar-refractivity contribution in [3.8, 4) is 0 Å². The Morgan fingerprint density at radius 1 is 1.22 bits per heavy atom. The molecule has 2 heterocycles. The molecular weight excluding hydrogens is 512 g/mol. The van der Waals surface area contributed by atoms with E-state index in [1.807, 2.05) is 46.1 Å². The Balaban J connectivity index is 2.39. The fraction of sp³-hybridized carbons (Fsp3) is 0.667. The number of hydrogen-bond donors (Lipinski definition) is 0. The van der Waals surface area contributed by atoms with Gasteiger partial charge in [-0.05, 0) is 57.6 Å². The molecule has 0 radical (unpaired) electrons. The molecule has 9 heteroatoms. The summed E-state index contributed by atoms with van der Waals surface area (Å²) in [7, 11) is 4.56. The van der Waals surface area contributed by atoms with Gasteiger partial charge in [-0.3, -0.25) is 9.59 Å². The molecule has 202 valence electrons. The van der Waals surface area contributed by atoms with Crippen LogP contribution in [-0.2, 0) is 23.4 Å². The maximum absolute atomic E-state index is 13.6. The first-order valence-electron chi connectivity index (χ1n) is 12.6. The molecule has 0 saturated carbocycles. The van der Waals surface area contributed by atoms with Crippen molar-refractivity contribution < 1.29 is 23.4 Å². The van der Waals surface area contributed by atoms with Crippen molar-refractivity contribution in [2.75, 3.05) is 0 Å². The predicted octanol–water partition coefficient (Wildman–Crippen LogP) is 6.90. The van der Waals surface area contributed by atoms with E-state index in [-0.39, 0.29) is 30.1 Å². The lowest BCUT2D eigenvalue weighted by Gasteiger charge is -2.37. The molecule has 0 bridgehead atoms. The summed E-state index contributed by atoms with van der Waals surface area (Å²) in [5.41, 5.74) is 2.14. The molecule has 0 amide bonds. The fourth-order valence-electron chi connectivity index (χ4n) is 4.85. The quantitative estimate of drug-likeness (QED) is 0.229. The van der Waals surface area contributed by atoms with Crippen LogP contribution in [0.4, 0.5) is 0 Å². The Bertz CT molecular complexity index is 958. The highest BCUT2D eigenvalue weighted by molar-refractivity contribution is 7.10. The summed E-state index contributed by atoms with van der Waals surface area (Å²) >= 11 is 1.59. The average molecular weight is 556 g/mol. The summed E-state index contributed by atoms with van der Waals surface area (Å²) in [6.45, 7) is 13.8. The van der Waals surface area contributed by atoms with Crippen LogP contribution in [0.1, 0.15) is 84.3 Å². The minimum absolute atomic E-state index is 0.0109. The van der Waals surface area contributed by atoms with Crippen molar-refractivity contribution in [2.45, 2.75) is 98.9 Å². The zero-order valence-corrected chi connectivity index (χ0v) is 25.8. The van der Waals surface area contributed by atoms with E-state index in [1.54, 1.807) is 11.3 Å². The molecule has 0 aromatic carbocycles. The van der Waals surface area contributed by atoms with Gasteiger partial charge < -0.3 is 13.8 Å². The smallest absolute Gasteiger partial charge is 0.309 e. The average Bonchev–Trinajstić information content (AvgIpc) is 3.23. The number of carbonyl (C=O) groups is 2. The second-order valence-corrected chi connectivity index (χ2v) is 12.2. The minimum atomic E-state index is -0.909. The number of aryl methyl sites for hydroxylation is 1. The zero-order chi connectivity index (χ0) is 27.0. The number of ether oxygens (including phenoxy) is 1. The number of cyclic esters (lactones) is 1. The Kier molecular flexibility index (Phi) is 12.4. The predicted molar refractivity (Wildman–Crippen MR) is 154 cm³/mol. The third kappa shape index (κ3) is 8.53. The van der Waals surface area contributed by atoms with Crippen LogP contribution in [0.25, 0.3) is 6.08 Å². The third-order valence-electron chi connectivity index (χ3n) is 7.29. The van der Waals surface area contributed by atoms with Gasteiger partial charge >= 0.3 is 5.97 Å². The zero-order valence-electron chi connectivity index (χ0n) is 22.7. The van der Waals surface area contributed by atoms with E-state index in [9.17, 15) is 9.59 Å². The summed E-state index contributed by atoms with van der Waals surface area (Å²) in [5, 5.41) is 2.99. The van der Waals surface area contributed by atoms with Crippen molar-refractivity contribution in [1.82, 2.24) is 4.98 Å². The summed E-state index contributed by atoms with van der Waals surface area (Å²) in [5.74, 6) is -0.529. The van der Waals surface area contributed by atoms with Crippen molar-refractivity contribution in [1.29, 1.82) is 0 Å². The van der Waals surface area contributed by atoms with Crippen LogP contribution < -0.4 is 0 Å². The van der Waals surface area contributed by atoms with E-state index in [1.165, 1.54) is 5.57 Å². The highest BCUT2D eigenvalue weighted by Gasteiger charge is 2.44. The monoisotopic (exact) mass is 555 g/mol. The van der Waals surface area contributed by atoms with E-state index in [0.717, 1.165) is 35.5 Å². The van der Waals surface area contributed by atoms with Gasteiger partial charge in [-0.1, -0.05) is 39.3 Å². The number of carbonyl (C=O) groups excluding carboxylic acids is 2. The molecule has 7 unspecified atom stereocenters. The Labute approximate surface area is 225 Å². The van der Waals surface area contributed by atoms with Gasteiger partial charge in [0.2, 0.25) is 0 Å². The highest BCUT2D eigenvalue weighted by Crippen LogP contribution is 2.36. The van der Waals surface area contributed by atoms with Crippen LogP contribution in [0.15, 0.2) is 22.6 Å². The molecule has 0 N–H and O–H groups in total. The molecule has 0 fully saturated rings. The number of thiazole rings is 1. The third-order valence-corrected chi connectivity index (χ3v) is 8.72. The molecular formula is C27H43NO5P2S. The van der Waals surface area contributed by atoms with Crippen molar-refractivity contribution >= 4 is 48.1 Å². The lowest BCUT2D eigenvalue weighted by atomic mass is 9.73. The lowest BCUT2D eigenvalue weighted by Crippen LogP contribution is -2.46. The number of Topliss-reactive ketones (excluding diaryl/α,β-unsaturated/α-hetero) is 1. The van der Waals surface area contributed by atoms with Gasteiger partial charge in [-0.2, -0.15) is 0 Å². The number of allylic oxidation sites excluding steroid dienone is 1. The van der Waals surface area contributed by atoms with Crippen LogP contribution in [0.2, 0.25) is 0 Å². The second kappa shape index (κ2) is 14.3. The summed E-state index contributed by atoms with van der Waals surface area (Å²) < 4.78 is 17.3. The first-order chi connectivity index (χ1) is 16.9. The molecule has 36 heavy (non-hydrogen) atoms. The summed E-state index contributed by atoms with van der Waals surface area (Å²) in [6, 6.07) is 0. The highest BCUT2D eigenvalue weighted by atomic mass is 32.1. The van der Waals surface area contributed by atoms with Crippen LogP contribution in [0, 0.1) is 24.2 Å². The maximum atomic E-state index is 13.6. The topological polar surface area (TPSA) is 74.7 Å². The van der Waals surface area contributed by atoms with Crippen molar-refractivity contribution in [3.05, 3.63) is 33.3 Å². The molecule has 1 aliphatic rings. The maximum Gasteiger partial charge on any atom is 0.309 e. The van der Waals surface area contributed by atoms with Crippen LogP contribution >= 0.6 is 30.3 Å². The van der Waals surface area contributed by atoms with Crippen LogP contribution in [0.5, 0.6) is 0 Å². The van der Waals surface area contributed by atoms with E-state index in [2.05, 4.69) is 43.8 Å². The van der Waals surface area contributed by atoms with Gasteiger partial charge in [0.15, 0.2) is 0 Å². The standard InChI is InChI=1S/C27H43NO5P2S/c1-16-9-8-10-17(2)25(33-35)19(4)26(30)27(6,7)23(32-34)14-24(29)31-22(12-11-16)18(3)13-21-15-36-20(5)28-21/h11,13,15,17,19,22-23,25H,8-10,12,14,34-35H2,1-7H3/b16-11-,18-13+. The largest absolute Gasteiger partial charge is 0.457 e. The van der Waals surface area contributed by atoms with Gasteiger partial charge in [0.05, 0.1) is 34.7 Å². The minimum Gasteiger partial charge on any atom is -0.457 e. The molecule has 0 aliphatic carbocycles. The second-order valence-electron chi connectivity index (χ2n) is 10.6. The van der Waals surface area contributed by atoms with Gasteiger partial charge in [0.1, 0.15) is 11.9 Å². The Morgan fingerprint density at radius 3 is 2.50 bits per heavy atom. The number of rotatable bonds is 4. The van der Waals surface area contributed by atoms with E-state index >= 15 is 0 Å². The van der Waals surface area contributed by atoms with Crippen LogP contribution in [-0.4, -0.2) is 35.0 Å². The molecule has 2 rings (SSSR count). The summed E-state index contributed by atoms with van der Waals surface area (Å²) in [6.07, 6.45) is 6.29. The number of aromatic nitrogens is 1. The normalized spacial score (nSPS) is 31.0. The summed E-state index contributed by atoms with van der Waals surface area (Å²) in [4.78, 5) is 31.3. The van der Waals surface area contributed by atoms with Gasteiger partial charge in [-0.25, -0.2) is 4.98 Å². The molecule has 1 aromatic heterocycles. The van der Waals surface area contributed by atoms with Crippen molar-refractivity contribution in [3.63, 3.8) is 0 Å². The van der Waals surface area contributed by atoms with Crippen molar-refractivity contribution in [2.24, 2.45) is 17.3 Å². The number of esters is 1. The van der Waals surface area contributed by atoms with E-state index in [4.69, 9.17) is 13.8 Å². The number of ketones is 1. The van der Waals surface area contributed by atoms with E-state index < -0.39 is 23.6 Å². The SMILES string of the molecule is C/C1=C/CC(/C(C)=C/c2csc(C)n2)OC(=O)CC(OP)C(C)(C)C(=O)C(C)C(OP)C(C)CCC1. The van der Waals surface area contributed by atoms with Gasteiger partial charge in [0, 0.05) is 36.7 Å². The molecule has 0 saturated heterocycles. The van der Waals surface area contributed by atoms with Crippen LogP contribution in [0.3, 0.4) is 0 Å².